The summed E-state index contributed by atoms with van der Waals surface area (Å²) in [6.07, 6.45) is 1.23. The molecule has 0 radical (unpaired) electrons. The number of rotatable bonds is 6. The first-order valence-electron chi connectivity index (χ1n) is 9.85. The Balaban J connectivity index is 1.37. The van der Waals surface area contributed by atoms with Gasteiger partial charge in [-0.1, -0.05) is 47.1 Å². The SMILES string of the molecule is O=C(NCc1nc(-c2cccc(Cl)c2)no1)[C@H]1CCCN(S(=O)(=O)c2ccccc2)C1. The average Bonchev–Trinajstić information content (AvgIpc) is 3.27. The van der Waals surface area contributed by atoms with Crippen molar-refractivity contribution in [3.63, 3.8) is 0 Å². The molecule has 1 N–H and O–H groups in total. The van der Waals surface area contributed by atoms with Gasteiger partial charge in [0.05, 0.1) is 17.4 Å². The molecule has 162 valence electrons. The molecule has 4 rings (SSSR count). The molecule has 1 aromatic heterocycles. The Morgan fingerprint density at radius 3 is 2.77 bits per heavy atom. The zero-order valence-corrected chi connectivity index (χ0v) is 18.1. The zero-order valence-electron chi connectivity index (χ0n) is 16.6. The second-order valence-corrected chi connectivity index (χ2v) is 9.63. The smallest absolute Gasteiger partial charge is 0.246 e. The lowest BCUT2D eigenvalue weighted by Gasteiger charge is -2.31. The first-order valence-corrected chi connectivity index (χ1v) is 11.7. The van der Waals surface area contributed by atoms with Crippen LogP contribution in [0.15, 0.2) is 64.0 Å². The number of hydrogen-bond donors (Lipinski definition) is 1. The number of hydrogen-bond acceptors (Lipinski definition) is 6. The van der Waals surface area contributed by atoms with Crippen molar-refractivity contribution in [2.75, 3.05) is 13.1 Å². The summed E-state index contributed by atoms with van der Waals surface area (Å²) in [5, 5.41) is 7.25. The van der Waals surface area contributed by atoms with Gasteiger partial charge in [-0.05, 0) is 37.1 Å². The van der Waals surface area contributed by atoms with E-state index >= 15 is 0 Å². The third-order valence-corrected chi connectivity index (χ3v) is 7.22. The van der Waals surface area contributed by atoms with E-state index in [1.54, 1.807) is 48.5 Å². The van der Waals surface area contributed by atoms with Crippen LogP contribution in [0, 0.1) is 5.92 Å². The van der Waals surface area contributed by atoms with Crippen LogP contribution in [-0.2, 0) is 21.4 Å². The van der Waals surface area contributed by atoms with E-state index in [9.17, 15) is 13.2 Å². The highest BCUT2D eigenvalue weighted by Crippen LogP contribution is 2.24. The van der Waals surface area contributed by atoms with E-state index in [0.717, 1.165) is 0 Å². The van der Waals surface area contributed by atoms with Crippen molar-refractivity contribution in [1.82, 2.24) is 19.8 Å². The molecule has 1 aliphatic rings. The molecule has 10 heteroatoms. The van der Waals surface area contributed by atoms with E-state index in [-0.39, 0.29) is 29.8 Å². The Hall–Kier alpha value is -2.75. The molecule has 1 aliphatic heterocycles. The molecule has 0 saturated carbocycles. The molecule has 8 nitrogen and oxygen atoms in total. The number of sulfonamides is 1. The number of nitrogens with one attached hydrogen (secondary N) is 1. The van der Waals surface area contributed by atoms with E-state index in [0.29, 0.717) is 35.8 Å². The van der Waals surface area contributed by atoms with Gasteiger partial charge in [0, 0.05) is 23.7 Å². The molecule has 3 aromatic rings. The fraction of sp³-hybridized carbons (Fsp3) is 0.286. The van der Waals surface area contributed by atoms with Gasteiger partial charge in [0.1, 0.15) is 0 Å². The van der Waals surface area contributed by atoms with Gasteiger partial charge in [-0.3, -0.25) is 4.79 Å². The molecule has 31 heavy (non-hydrogen) atoms. The van der Waals surface area contributed by atoms with Crippen LogP contribution in [0.3, 0.4) is 0 Å². The topological polar surface area (TPSA) is 105 Å². The largest absolute Gasteiger partial charge is 0.347 e. The lowest BCUT2D eigenvalue weighted by Crippen LogP contribution is -2.45. The van der Waals surface area contributed by atoms with Gasteiger partial charge in [-0.25, -0.2) is 8.42 Å². The van der Waals surface area contributed by atoms with Gasteiger partial charge >= 0.3 is 0 Å². The minimum atomic E-state index is -3.62. The minimum absolute atomic E-state index is 0.0638. The fourth-order valence-electron chi connectivity index (χ4n) is 3.49. The molecule has 1 amide bonds. The average molecular weight is 461 g/mol. The number of aromatic nitrogens is 2. The predicted octanol–water partition coefficient (Wildman–Crippen LogP) is 3.11. The maximum atomic E-state index is 12.8. The molecule has 1 fully saturated rings. The minimum Gasteiger partial charge on any atom is -0.347 e. The van der Waals surface area contributed by atoms with Crippen molar-refractivity contribution in [2.24, 2.45) is 5.92 Å². The predicted molar refractivity (Wildman–Crippen MR) is 115 cm³/mol. The quantitative estimate of drug-likeness (QED) is 0.606. The number of nitrogens with zero attached hydrogens (tertiary/aromatic N) is 3. The van der Waals surface area contributed by atoms with E-state index in [4.69, 9.17) is 16.1 Å². The Morgan fingerprint density at radius 2 is 2.00 bits per heavy atom. The Labute approximate surface area is 185 Å². The summed E-state index contributed by atoms with van der Waals surface area (Å²) >= 11 is 5.98. The van der Waals surface area contributed by atoms with Crippen LogP contribution in [0.25, 0.3) is 11.4 Å². The van der Waals surface area contributed by atoms with Gasteiger partial charge in [-0.15, -0.1) is 0 Å². The van der Waals surface area contributed by atoms with E-state index < -0.39 is 15.9 Å². The number of amides is 1. The first-order chi connectivity index (χ1) is 14.9. The number of halogens is 1. The van der Waals surface area contributed by atoms with Crippen LogP contribution in [0.2, 0.25) is 5.02 Å². The van der Waals surface area contributed by atoms with Gasteiger partial charge in [-0.2, -0.15) is 9.29 Å². The molecule has 0 aliphatic carbocycles. The van der Waals surface area contributed by atoms with Gasteiger partial charge in [0.15, 0.2) is 0 Å². The van der Waals surface area contributed by atoms with Crippen LogP contribution >= 0.6 is 11.6 Å². The van der Waals surface area contributed by atoms with Crippen LogP contribution in [0.4, 0.5) is 0 Å². The molecule has 2 heterocycles. The number of benzene rings is 2. The molecule has 1 saturated heterocycles. The van der Waals surface area contributed by atoms with Crippen molar-refractivity contribution in [3.8, 4) is 11.4 Å². The highest BCUT2D eigenvalue weighted by atomic mass is 35.5. The molecular formula is C21H21ClN4O4S. The van der Waals surface area contributed by atoms with E-state index in [1.165, 1.54) is 4.31 Å². The molecule has 0 bridgehead atoms. The summed E-state index contributed by atoms with van der Waals surface area (Å²) in [6.45, 7) is 0.600. The van der Waals surface area contributed by atoms with Crippen LogP contribution in [-0.4, -0.2) is 41.9 Å². The third-order valence-electron chi connectivity index (χ3n) is 5.10. The Bertz CT molecular complexity index is 1170. The first kappa shape index (κ1) is 21.5. The van der Waals surface area contributed by atoms with E-state index in [2.05, 4.69) is 15.5 Å². The van der Waals surface area contributed by atoms with Gasteiger partial charge in [0.2, 0.25) is 27.6 Å². The van der Waals surface area contributed by atoms with Crippen molar-refractivity contribution in [1.29, 1.82) is 0 Å². The van der Waals surface area contributed by atoms with Gasteiger partial charge < -0.3 is 9.84 Å². The van der Waals surface area contributed by atoms with Crippen LogP contribution in [0.5, 0.6) is 0 Å². The maximum absolute atomic E-state index is 12.8. The number of carbonyl (C=O) groups is 1. The molecule has 0 unspecified atom stereocenters. The number of piperidine rings is 1. The summed E-state index contributed by atoms with van der Waals surface area (Å²) < 4.78 is 32.3. The maximum Gasteiger partial charge on any atom is 0.246 e. The van der Waals surface area contributed by atoms with E-state index in [1.807, 2.05) is 6.07 Å². The summed E-state index contributed by atoms with van der Waals surface area (Å²) in [5.74, 6) is -0.0459. The lowest BCUT2D eigenvalue weighted by molar-refractivity contribution is -0.126. The normalized spacial score (nSPS) is 17.4. The third kappa shape index (κ3) is 4.95. The summed E-state index contributed by atoms with van der Waals surface area (Å²) in [5.41, 5.74) is 0.711. The van der Waals surface area contributed by atoms with Crippen LogP contribution < -0.4 is 5.32 Å². The van der Waals surface area contributed by atoms with Crippen molar-refractivity contribution >= 4 is 27.5 Å². The Morgan fingerprint density at radius 1 is 1.19 bits per heavy atom. The molecule has 1 atom stereocenters. The van der Waals surface area contributed by atoms with Crippen LogP contribution in [0.1, 0.15) is 18.7 Å². The summed E-state index contributed by atoms with van der Waals surface area (Å²) in [4.78, 5) is 17.2. The summed E-state index contributed by atoms with van der Waals surface area (Å²) in [7, 11) is -3.62. The Kier molecular flexibility index (Phi) is 6.35. The molecular weight excluding hydrogens is 440 g/mol. The van der Waals surface area contributed by atoms with Crippen molar-refractivity contribution in [3.05, 3.63) is 65.5 Å². The second-order valence-electron chi connectivity index (χ2n) is 7.26. The van der Waals surface area contributed by atoms with Crippen molar-refractivity contribution < 1.29 is 17.7 Å². The summed E-state index contributed by atoms with van der Waals surface area (Å²) in [6, 6.07) is 15.3. The highest BCUT2D eigenvalue weighted by molar-refractivity contribution is 7.89. The number of carbonyl (C=O) groups excluding carboxylic acids is 1. The molecule has 2 aromatic carbocycles. The zero-order chi connectivity index (χ0) is 21.8. The monoisotopic (exact) mass is 460 g/mol. The lowest BCUT2D eigenvalue weighted by atomic mass is 9.99. The van der Waals surface area contributed by atoms with Gasteiger partial charge in [0.25, 0.3) is 0 Å². The molecule has 0 spiro atoms. The fourth-order valence-corrected chi connectivity index (χ4v) is 5.23. The highest BCUT2D eigenvalue weighted by Gasteiger charge is 2.33. The van der Waals surface area contributed by atoms with Crippen molar-refractivity contribution in [2.45, 2.75) is 24.3 Å². The second kappa shape index (κ2) is 9.17. The standard InChI is InChI=1S/C21H21ClN4O4S/c22-17-8-4-6-15(12-17)20-24-19(30-25-20)13-23-21(27)16-7-5-11-26(14-16)31(28,29)18-9-2-1-3-10-18/h1-4,6,8-10,12,16H,5,7,11,13-14H2,(H,23,27)/t16-/m0/s1.